The number of carbonyl (C=O) groups is 5. The Bertz CT molecular complexity index is 4050. The monoisotopic (exact) mass is 1340 g/mol. The van der Waals surface area contributed by atoms with E-state index in [2.05, 4.69) is 29.0 Å². The number of methoxy groups -OCH3 is 1. The molecule has 24 nitrogen and oxygen atoms in total. The van der Waals surface area contributed by atoms with Gasteiger partial charge in [0.05, 0.1) is 48.4 Å². The number of amides is 1. The average molecular weight is 1340 g/mol. The number of aromatic hydroxyl groups is 1. The van der Waals surface area contributed by atoms with E-state index in [0.717, 1.165) is 19.6 Å². The molecule has 25 heteroatoms. The summed E-state index contributed by atoms with van der Waals surface area (Å²) in [6.07, 6.45) is 3.26. The third-order valence-electron chi connectivity index (χ3n) is 17.4. The Morgan fingerprint density at radius 3 is 2.20 bits per heavy atom. The van der Waals surface area contributed by atoms with Crippen molar-refractivity contribution in [3.8, 4) is 17.2 Å². The molecule has 1 unspecified atom stereocenters. The number of nitrogens with zero attached hydrogens (tertiary/aromatic N) is 3. The van der Waals surface area contributed by atoms with Crippen molar-refractivity contribution in [3.63, 3.8) is 0 Å². The van der Waals surface area contributed by atoms with E-state index < -0.39 is 124 Å². The van der Waals surface area contributed by atoms with Crippen molar-refractivity contribution < 1.29 is 86.3 Å². The number of anilines is 2. The molecular weight excluding hydrogens is 1250 g/mol. The van der Waals surface area contributed by atoms with Crippen LogP contribution in [0.5, 0.6) is 17.2 Å². The van der Waals surface area contributed by atoms with Gasteiger partial charge in [-0.2, -0.15) is 0 Å². The van der Waals surface area contributed by atoms with Gasteiger partial charge in [0.2, 0.25) is 24.0 Å². The third kappa shape index (κ3) is 17.7. The molecule has 0 saturated carbocycles. The van der Waals surface area contributed by atoms with Crippen molar-refractivity contribution in [1.29, 1.82) is 0 Å². The summed E-state index contributed by atoms with van der Waals surface area (Å²) in [6, 6.07) is 7.29. The molecule has 3 aliphatic heterocycles. The van der Waals surface area contributed by atoms with Gasteiger partial charge >= 0.3 is 23.9 Å². The molecule has 0 spiro atoms. The van der Waals surface area contributed by atoms with Gasteiger partial charge in [-0.25, -0.2) is 4.98 Å². The highest BCUT2D eigenvalue weighted by atomic mass is 31.2. The molecule has 0 radical (unpaired) electrons. The number of esters is 4. The lowest BCUT2D eigenvalue weighted by Gasteiger charge is -2.39. The number of piperazine rings is 1. The van der Waals surface area contributed by atoms with Crippen molar-refractivity contribution in [3.05, 3.63) is 103 Å². The Balaban J connectivity index is 1.27. The number of phenolic OH excluding ortho intramolecular Hbond substituents is 1. The van der Waals surface area contributed by atoms with Gasteiger partial charge in [-0.3, -0.25) is 43.0 Å². The van der Waals surface area contributed by atoms with Gasteiger partial charge in [-0.1, -0.05) is 73.6 Å². The molecule has 1 fully saturated rings. The topological polar surface area (TPSA) is 327 Å². The quantitative estimate of drug-likeness (QED) is 0.0124. The lowest BCUT2D eigenvalue weighted by molar-refractivity contribution is -0.166. The van der Waals surface area contributed by atoms with Crippen molar-refractivity contribution >= 4 is 93.1 Å². The lowest BCUT2D eigenvalue weighted by atomic mass is 9.78. The highest BCUT2D eigenvalue weighted by molar-refractivity contribution is 7.65. The molecule has 5 aromatic rings. The normalized spacial score (nSPS) is 24.0. The number of benzene rings is 4. The van der Waals surface area contributed by atoms with Crippen LogP contribution in [0.15, 0.2) is 80.5 Å². The highest BCUT2D eigenvalue weighted by Gasteiger charge is 2.42. The SMILES string of the molecule is CO[C@H]1/C=C/OC(C)(C)Oc2c(C)c(O)c3c(=O)c(c4oc5cc(N6CCN(CC(C)C)CC6)cc(=O)c5nc4c3c2=CO)NC(=O)/C(C)=C\C=C\[C@H](C)[C@H](OC(=O)CCCOC(=O)CC(C)(C)c2cc(P(C)(=O)O)ccc2OC(C)=O)[C@@H](C)[C@@H](O)[C@@H](C)[C@H](OC(C)=O)[C@@H]1C. The van der Waals surface area contributed by atoms with Crippen LogP contribution in [0.1, 0.15) is 120 Å². The van der Waals surface area contributed by atoms with Gasteiger partial charge in [-0.15, -0.1) is 0 Å². The van der Waals surface area contributed by atoms with Crippen LogP contribution in [0.25, 0.3) is 39.2 Å². The van der Waals surface area contributed by atoms with Gasteiger partial charge in [0, 0.05) is 155 Å². The van der Waals surface area contributed by atoms with Crippen molar-refractivity contribution in [1.82, 2.24) is 9.88 Å². The second kappa shape index (κ2) is 30.7. The highest BCUT2D eigenvalue weighted by Crippen LogP contribution is 2.42. The Hall–Kier alpha value is -8.15. The Kier molecular flexibility index (Phi) is 24.0. The van der Waals surface area contributed by atoms with E-state index in [-0.39, 0.29) is 86.6 Å². The summed E-state index contributed by atoms with van der Waals surface area (Å²) in [5, 5.41) is 37.8. The van der Waals surface area contributed by atoms with Crippen LogP contribution >= 0.6 is 7.37 Å². The van der Waals surface area contributed by atoms with E-state index in [4.69, 9.17) is 42.6 Å². The number of aromatic nitrogens is 1. The molecule has 3 aliphatic rings. The fourth-order valence-corrected chi connectivity index (χ4v) is 13.0. The van der Waals surface area contributed by atoms with Gasteiger partial charge in [-0.05, 0) is 50.5 Å². The van der Waals surface area contributed by atoms with Gasteiger partial charge < -0.3 is 68.0 Å². The Morgan fingerprint density at radius 2 is 1.58 bits per heavy atom. The third-order valence-corrected chi connectivity index (χ3v) is 18.7. The predicted molar refractivity (Wildman–Crippen MR) is 360 cm³/mol. The average Bonchev–Trinajstić information content (AvgIpc) is 0.718. The maximum absolute atomic E-state index is 15.1. The predicted octanol–water partition coefficient (Wildman–Crippen LogP) is 8.67. The molecule has 4 heterocycles. The number of allylic oxidation sites excluding steroid dienone is 2. The van der Waals surface area contributed by atoms with Crippen LogP contribution in [-0.4, -0.2) is 143 Å². The summed E-state index contributed by atoms with van der Waals surface area (Å²) in [6.45, 7) is 27.5. The van der Waals surface area contributed by atoms with Crippen LogP contribution in [0, 0.1) is 36.5 Å². The number of ether oxygens (including phenoxy) is 7. The number of phenols is 1. The maximum atomic E-state index is 15.1. The van der Waals surface area contributed by atoms with Crippen LogP contribution < -0.4 is 41.1 Å². The molecule has 4 bridgehead atoms. The number of aliphatic hydroxyl groups excluding tert-OH is 2. The van der Waals surface area contributed by atoms with Crippen molar-refractivity contribution in [2.75, 3.05) is 63.3 Å². The molecule has 5 N–H and O–H groups in total. The van der Waals surface area contributed by atoms with E-state index in [9.17, 15) is 53.5 Å². The molecule has 1 aromatic heterocycles. The van der Waals surface area contributed by atoms with E-state index in [1.807, 2.05) is 0 Å². The molecule has 0 aliphatic carbocycles. The lowest BCUT2D eigenvalue weighted by Crippen LogP contribution is -2.47. The molecule has 9 atom stereocenters. The number of nitrogens with one attached hydrogen (secondary N) is 1. The summed E-state index contributed by atoms with van der Waals surface area (Å²) < 4.78 is 60.8. The van der Waals surface area contributed by atoms with E-state index >= 15 is 4.79 Å². The molecule has 8 rings (SSSR count). The molecule has 516 valence electrons. The zero-order valence-corrected chi connectivity index (χ0v) is 57.9. The molecule has 1 amide bonds. The first kappa shape index (κ1) is 74.2. The van der Waals surface area contributed by atoms with Gasteiger partial charge in [0.15, 0.2) is 16.7 Å². The first-order valence-electron chi connectivity index (χ1n) is 31.8. The zero-order valence-electron chi connectivity index (χ0n) is 57.0. The maximum Gasteiger partial charge on any atom is 0.308 e. The van der Waals surface area contributed by atoms with E-state index in [1.165, 1.54) is 104 Å². The Labute approximate surface area is 552 Å². The number of carbonyl (C=O) groups excluding carboxylic acids is 5. The van der Waals surface area contributed by atoms with Crippen molar-refractivity contribution in [2.24, 2.45) is 29.6 Å². The first-order chi connectivity index (χ1) is 44.5. The minimum absolute atomic E-state index is 0.00432. The molecular formula is C70H91N4O20P. The molecule has 4 aromatic carbocycles. The minimum Gasteiger partial charge on any atom is -0.515 e. The zero-order chi connectivity index (χ0) is 70.3. The number of fused-ring (bicyclic) bond motifs is 17. The van der Waals surface area contributed by atoms with Gasteiger partial charge in [0.25, 0.3) is 5.91 Å². The number of aliphatic hydroxyl groups is 2. The number of rotatable bonds is 15. The van der Waals surface area contributed by atoms with Crippen molar-refractivity contribution in [2.45, 2.75) is 152 Å². The van der Waals surface area contributed by atoms with E-state index in [1.54, 1.807) is 53.7 Å². The van der Waals surface area contributed by atoms with Crippen LogP contribution in [0.2, 0.25) is 0 Å². The van der Waals surface area contributed by atoms with Gasteiger partial charge in [0.1, 0.15) is 40.7 Å². The smallest absolute Gasteiger partial charge is 0.308 e. The second-order valence-corrected chi connectivity index (χ2v) is 28.8. The van der Waals surface area contributed by atoms with Crippen LogP contribution in [0.3, 0.4) is 0 Å². The fourth-order valence-electron chi connectivity index (χ4n) is 12.3. The standard InChI is InChI=1S/C70H91N4O20P/c1-37(2)35-73-25-27-74(28-26-73)46-31-50(78)58-53(32-46)92-67-59(71-58)56-48(36-75)66-43(8)62(82)57(56)63(83)60(67)72-68(84)39(4)20-17-19-38(3)64(41(6)61(81)42(7)65(91-45(10)77)40(5)51(87-15)24-30-89-70(13,14)94-66)93-54(79)21-18-29-88-55(80)34-69(11,12)49-33-47(95(16,85)86)22-23-52(49)90-44(9)76/h17,19-20,22-24,30-33,36-38,40-42,51,61,64-65,75,81-82H,18,21,25-29,34-35H2,1-16H3,(H,72,84)(H,85,86)/b19-17+,30-24+,39-20-,48-36?/t38-,40+,41-,42+,51-,61+,64-,65+/m0/s1. The van der Waals surface area contributed by atoms with Crippen LogP contribution in [0.4, 0.5) is 11.4 Å². The van der Waals surface area contributed by atoms with E-state index in [0.29, 0.717) is 36.5 Å². The summed E-state index contributed by atoms with van der Waals surface area (Å²) in [5.74, 6) is -8.51. The summed E-state index contributed by atoms with van der Waals surface area (Å²) >= 11 is 0. The number of hydrogen-bond acceptors (Lipinski definition) is 22. The van der Waals surface area contributed by atoms with Crippen LogP contribution in [-0.2, 0) is 57.6 Å². The summed E-state index contributed by atoms with van der Waals surface area (Å²) in [5.41, 5.74) is -2.74. The summed E-state index contributed by atoms with van der Waals surface area (Å²) in [7, 11) is -2.32. The molecule has 95 heavy (non-hydrogen) atoms. The minimum atomic E-state index is -3.75. The fraction of sp³-hybridized carbons (Fsp3) is 0.514. The molecule has 1 saturated heterocycles. The first-order valence-corrected chi connectivity index (χ1v) is 33.9. The Morgan fingerprint density at radius 1 is 0.905 bits per heavy atom. The summed E-state index contributed by atoms with van der Waals surface area (Å²) in [4.78, 5) is 116. The number of hydrogen-bond donors (Lipinski definition) is 5. The second-order valence-electron chi connectivity index (χ2n) is 26.5. The largest absolute Gasteiger partial charge is 0.515 e.